The van der Waals surface area contributed by atoms with Gasteiger partial charge in [-0.15, -0.1) is 0 Å². The van der Waals surface area contributed by atoms with Crippen molar-refractivity contribution in [2.45, 2.75) is 0 Å². The quantitative estimate of drug-likeness (QED) is 0.176. The van der Waals surface area contributed by atoms with Crippen molar-refractivity contribution in [2.24, 2.45) is 0 Å². The van der Waals surface area contributed by atoms with Gasteiger partial charge in [-0.1, -0.05) is 78.9 Å². The Labute approximate surface area is 183 Å². The first-order valence-electron chi connectivity index (χ1n) is 11.3. The first-order chi connectivity index (χ1) is 15.9. The molecule has 0 heterocycles. The zero-order valence-corrected chi connectivity index (χ0v) is 17.2. The van der Waals surface area contributed by atoms with E-state index in [0.717, 1.165) is 0 Å². The van der Waals surface area contributed by atoms with Gasteiger partial charge in [-0.25, -0.2) is 0 Å². The van der Waals surface area contributed by atoms with Crippen molar-refractivity contribution < 1.29 is 0 Å². The third-order valence-corrected chi connectivity index (χ3v) is 7.82. The molecule has 9 rings (SSSR count). The SMILES string of the molecule is c1ccc2c(c1)cc1c3cccc4cc5cccc6c7cccc8cc2c1c(c87)c(c56)c43. The summed E-state index contributed by atoms with van der Waals surface area (Å²) in [6.45, 7) is 0. The molecule has 32 heavy (non-hydrogen) atoms. The molecule has 0 aliphatic carbocycles. The summed E-state index contributed by atoms with van der Waals surface area (Å²) in [5, 5.41) is 22.1. The van der Waals surface area contributed by atoms with Gasteiger partial charge in [0.05, 0.1) is 0 Å². The van der Waals surface area contributed by atoms with E-state index in [0.29, 0.717) is 0 Å². The molecule has 9 aromatic rings. The van der Waals surface area contributed by atoms with Crippen LogP contribution in [-0.4, -0.2) is 0 Å². The molecule has 0 spiro atoms. The van der Waals surface area contributed by atoms with Crippen molar-refractivity contribution in [1.82, 2.24) is 0 Å². The molecule has 0 fully saturated rings. The Morgan fingerprint density at radius 1 is 0.250 bits per heavy atom. The number of hydrogen-bond donors (Lipinski definition) is 0. The molecule has 0 N–H and O–H groups in total. The molecule has 0 aliphatic heterocycles. The molecule has 0 unspecified atom stereocenters. The van der Waals surface area contributed by atoms with Crippen LogP contribution in [0, 0.1) is 0 Å². The first kappa shape index (κ1) is 15.6. The molecule has 0 radical (unpaired) electrons. The third-order valence-electron chi connectivity index (χ3n) is 7.82. The smallest absolute Gasteiger partial charge is 0.000116 e. The lowest BCUT2D eigenvalue weighted by molar-refractivity contribution is 1.80. The zero-order chi connectivity index (χ0) is 20.6. The Bertz CT molecular complexity index is 2180. The van der Waals surface area contributed by atoms with E-state index in [2.05, 4.69) is 97.1 Å². The summed E-state index contributed by atoms with van der Waals surface area (Å²) < 4.78 is 0. The summed E-state index contributed by atoms with van der Waals surface area (Å²) in [5.74, 6) is 0. The molecule has 0 amide bonds. The van der Waals surface area contributed by atoms with E-state index in [-0.39, 0.29) is 0 Å². The van der Waals surface area contributed by atoms with Crippen LogP contribution in [0.4, 0.5) is 0 Å². The zero-order valence-electron chi connectivity index (χ0n) is 17.2. The predicted molar refractivity (Wildman–Crippen MR) is 140 cm³/mol. The molecule has 0 heteroatoms. The highest BCUT2D eigenvalue weighted by Gasteiger charge is 2.23. The van der Waals surface area contributed by atoms with Gasteiger partial charge in [0.2, 0.25) is 0 Å². The number of rotatable bonds is 0. The van der Waals surface area contributed by atoms with Crippen LogP contribution in [0.2, 0.25) is 0 Å². The van der Waals surface area contributed by atoms with Gasteiger partial charge in [0, 0.05) is 0 Å². The molecule has 0 atom stereocenters. The second-order valence-electron chi connectivity index (χ2n) is 9.28. The van der Waals surface area contributed by atoms with Gasteiger partial charge in [0.15, 0.2) is 0 Å². The Kier molecular flexibility index (Phi) is 2.44. The fourth-order valence-corrected chi connectivity index (χ4v) is 6.66. The van der Waals surface area contributed by atoms with E-state index in [1.54, 1.807) is 0 Å². The van der Waals surface area contributed by atoms with E-state index < -0.39 is 0 Å². The summed E-state index contributed by atoms with van der Waals surface area (Å²) >= 11 is 0. The van der Waals surface area contributed by atoms with Gasteiger partial charge in [-0.3, -0.25) is 0 Å². The van der Waals surface area contributed by atoms with Gasteiger partial charge in [0.25, 0.3) is 0 Å². The van der Waals surface area contributed by atoms with Crippen molar-refractivity contribution in [2.75, 3.05) is 0 Å². The van der Waals surface area contributed by atoms with E-state index >= 15 is 0 Å². The number of hydrogen-bond acceptors (Lipinski definition) is 0. The Hall–Kier alpha value is -4.16. The van der Waals surface area contributed by atoms with Crippen molar-refractivity contribution in [3.63, 3.8) is 0 Å². The maximum absolute atomic E-state index is 2.43. The minimum atomic E-state index is 1.32. The van der Waals surface area contributed by atoms with Crippen LogP contribution < -0.4 is 0 Å². The molecule has 9 aromatic carbocycles. The molecule has 0 nitrogen and oxygen atoms in total. The third kappa shape index (κ3) is 1.57. The van der Waals surface area contributed by atoms with Crippen molar-refractivity contribution in [3.05, 3.63) is 97.1 Å². The Morgan fingerprint density at radius 3 is 1.38 bits per heavy atom. The van der Waals surface area contributed by atoms with Crippen LogP contribution in [0.15, 0.2) is 97.1 Å². The Balaban J connectivity index is 1.84. The fraction of sp³-hybridized carbons (Fsp3) is 0. The topological polar surface area (TPSA) is 0 Å². The molecular formula is C32H16. The van der Waals surface area contributed by atoms with Crippen LogP contribution in [-0.2, 0) is 0 Å². The second kappa shape index (κ2) is 5.00. The van der Waals surface area contributed by atoms with Crippen molar-refractivity contribution in [3.8, 4) is 0 Å². The number of benzene rings is 9. The maximum Gasteiger partial charge on any atom is -0.000116 e. The van der Waals surface area contributed by atoms with Crippen LogP contribution >= 0.6 is 0 Å². The van der Waals surface area contributed by atoms with Crippen molar-refractivity contribution in [1.29, 1.82) is 0 Å². The van der Waals surface area contributed by atoms with Crippen LogP contribution in [0.1, 0.15) is 0 Å². The van der Waals surface area contributed by atoms with E-state index in [1.165, 1.54) is 86.2 Å². The lowest BCUT2D eigenvalue weighted by Crippen LogP contribution is -1.94. The lowest BCUT2D eigenvalue weighted by Gasteiger charge is -2.23. The van der Waals surface area contributed by atoms with Crippen LogP contribution in [0.25, 0.3) is 86.2 Å². The predicted octanol–water partition coefficient (Wildman–Crippen LogP) is 9.23. The molecule has 0 bridgehead atoms. The molecule has 0 saturated heterocycles. The summed E-state index contributed by atoms with van der Waals surface area (Å²) in [6.07, 6.45) is 0. The second-order valence-corrected chi connectivity index (χ2v) is 9.28. The van der Waals surface area contributed by atoms with E-state index in [1.807, 2.05) is 0 Å². The molecule has 0 aliphatic rings. The van der Waals surface area contributed by atoms with Gasteiger partial charge in [-0.05, 0) is 104 Å². The standard InChI is InChI=1S/C32H16/c1-2-10-21-17(6-1)15-26-24-13-4-8-19-14-18-7-3-11-22-23-12-5-9-20-16-25(21)30(26)32(29(20)23)31(27(18)22)28(19)24/h1-16H. The average Bonchev–Trinajstić information content (AvgIpc) is 2.84. The van der Waals surface area contributed by atoms with Crippen molar-refractivity contribution >= 4 is 86.2 Å². The van der Waals surface area contributed by atoms with Gasteiger partial charge < -0.3 is 0 Å². The van der Waals surface area contributed by atoms with Gasteiger partial charge in [-0.2, -0.15) is 0 Å². The first-order valence-corrected chi connectivity index (χ1v) is 11.3. The minimum Gasteiger partial charge on any atom is -0.0616 e. The maximum atomic E-state index is 2.43. The molecular weight excluding hydrogens is 384 g/mol. The monoisotopic (exact) mass is 400 g/mol. The van der Waals surface area contributed by atoms with Crippen LogP contribution in [0.3, 0.4) is 0 Å². The normalized spacial score (nSPS) is 13.0. The number of fused-ring (bicyclic) bond motifs is 4. The average molecular weight is 400 g/mol. The largest absolute Gasteiger partial charge is 0.0616 e. The lowest BCUT2D eigenvalue weighted by atomic mass is 9.80. The highest BCUT2D eigenvalue weighted by molar-refractivity contribution is 6.49. The fourth-order valence-electron chi connectivity index (χ4n) is 6.66. The highest BCUT2D eigenvalue weighted by Crippen LogP contribution is 2.51. The summed E-state index contributed by atoms with van der Waals surface area (Å²) in [7, 11) is 0. The summed E-state index contributed by atoms with van der Waals surface area (Å²) in [5.41, 5.74) is 0. The van der Waals surface area contributed by atoms with Crippen LogP contribution in [0.5, 0.6) is 0 Å². The Morgan fingerprint density at radius 2 is 0.688 bits per heavy atom. The van der Waals surface area contributed by atoms with E-state index in [4.69, 9.17) is 0 Å². The van der Waals surface area contributed by atoms with Gasteiger partial charge >= 0.3 is 0 Å². The summed E-state index contributed by atoms with van der Waals surface area (Å²) in [6, 6.07) is 36.6. The van der Waals surface area contributed by atoms with Gasteiger partial charge in [0.1, 0.15) is 0 Å². The van der Waals surface area contributed by atoms with E-state index in [9.17, 15) is 0 Å². The molecule has 0 saturated carbocycles. The summed E-state index contributed by atoms with van der Waals surface area (Å²) in [4.78, 5) is 0. The highest BCUT2D eigenvalue weighted by atomic mass is 14.2. The molecule has 0 aromatic heterocycles. The minimum absolute atomic E-state index is 1.32. The molecule has 144 valence electrons.